The highest BCUT2D eigenvalue weighted by atomic mass is 32.1. The number of carbonyl (C=O) groups excluding carboxylic acids is 1. The Morgan fingerprint density at radius 2 is 2.35 bits per heavy atom. The molecule has 4 rings (SSSR count). The van der Waals surface area contributed by atoms with Crippen LogP contribution in [0.25, 0.3) is 10.2 Å². The molecule has 3 aromatic heterocycles. The minimum absolute atomic E-state index is 0.164. The van der Waals surface area contributed by atoms with E-state index in [1.54, 1.807) is 12.4 Å². The average molecular weight is 367 g/mol. The van der Waals surface area contributed by atoms with Gasteiger partial charge in [0.15, 0.2) is 0 Å². The van der Waals surface area contributed by atoms with Crippen LogP contribution in [0.4, 0.5) is 5.69 Å². The Labute approximate surface area is 156 Å². The van der Waals surface area contributed by atoms with Gasteiger partial charge in [-0.1, -0.05) is 13.0 Å². The van der Waals surface area contributed by atoms with Crippen LogP contribution >= 0.6 is 11.3 Å². The Kier molecular flexibility index (Phi) is 4.57. The highest BCUT2D eigenvalue weighted by Gasteiger charge is 2.22. The fourth-order valence-corrected chi connectivity index (χ4v) is 4.27. The molecule has 1 amide bonds. The van der Waals surface area contributed by atoms with E-state index in [4.69, 9.17) is 10.7 Å². The zero-order valence-electron chi connectivity index (χ0n) is 14.7. The molecule has 0 saturated carbocycles. The first-order valence-electron chi connectivity index (χ1n) is 8.76. The van der Waals surface area contributed by atoms with Gasteiger partial charge in [0.2, 0.25) is 0 Å². The van der Waals surface area contributed by atoms with E-state index in [-0.39, 0.29) is 5.91 Å². The molecule has 0 spiro atoms. The second-order valence-corrected chi connectivity index (χ2v) is 7.45. The third-order valence-corrected chi connectivity index (χ3v) is 5.89. The molecule has 0 saturated heterocycles. The lowest BCUT2D eigenvalue weighted by atomic mass is 10.0. The van der Waals surface area contributed by atoms with E-state index in [0.29, 0.717) is 17.1 Å². The molecule has 0 radical (unpaired) electrons. The average Bonchev–Trinajstić information content (AvgIpc) is 3.00. The zero-order chi connectivity index (χ0) is 18.1. The van der Waals surface area contributed by atoms with Crippen LogP contribution in [0, 0.1) is 0 Å². The van der Waals surface area contributed by atoms with Gasteiger partial charge in [-0.2, -0.15) is 0 Å². The molecule has 7 heteroatoms. The lowest BCUT2D eigenvalue weighted by Gasteiger charge is -2.26. The first-order valence-corrected chi connectivity index (χ1v) is 9.57. The predicted octanol–water partition coefficient (Wildman–Crippen LogP) is 2.58. The number of hydrogen-bond acceptors (Lipinski definition) is 6. The molecular formula is C19H21N5OS. The van der Waals surface area contributed by atoms with E-state index < -0.39 is 0 Å². The Hall–Kier alpha value is -2.51. The molecule has 0 atom stereocenters. The number of carbonyl (C=O) groups is 1. The predicted molar refractivity (Wildman–Crippen MR) is 104 cm³/mol. The second-order valence-electron chi connectivity index (χ2n) is 6.45. The number of nitrogens with two attached hydrogens (primary N) is 1. The maximum atomic E-state index is 12.6. The van der Waals surface area contributed by atoms with Crippen LogP contribution in [0.1, 0.15) is 33.4 Å². The number of nitrogens with one attached hydrogen (secondary N) is 1. The van der Waals surface area contributed by atoms with Crippen LogP contribution in [0.5, 0.6) is 0 Å². The normalized spacial score (nSPS) is 14.3. The second kappa shape index (κ2) is 7.01. The van der Waals surface area contributed by atoms with Crippen molar-refractivity contribution < 1.29 is 4.79 Å². The number of nitrogens with zero attached hydrogens (tertiary/aromatic N) is 3. The van der Waals surface area contributed by atoms with Gasteiger partial charge in [-0.05, 0) is 29.8 Å². The van der Waals surface area contributed by atoms with Crippen LogP contribution in [-0.4, -0.2) is 33.9 Å². The van der Waals surface area contributed by atoms with Crippen molar-refractivity contribution in [2.24, 2.45) is 0 Å². The fraction of sp³-hybridized carbons (Fsp3) is 0.316. The molecule has 0 unspecified atom stereocenters. The minimum Gasteiger partial charge on any atom is -0.397 e. The minimum atomic E-state index is -0.164. The summed E-state index contributed by atoms with van der Waals surface area (Å²) < 4.78 is 0. The SMILES string of the molecule is CCN1CCc2nc3sc(C(=O)NCc4cccnc4)c(N)c3cc2C1. The van der Waals surface area contributed by atoms with Gasteiger partial charge in [-0.15, -0.1) is 11.3 Å². The zero-order valence-corrected chi connectivity index (χ0v) is 15.5. The van der Waals surface area contributed by atoms with Crippen molar-refractivity contribution in [3.63, 3.8) is 0 Å². The van der Waals surface area contributed by atoms with E-state index in [2.05, 4.69) is 28.2 Å². The quantitative estimate of drug-likeness (QED) is 0.740. The first-order chi connectivity index (χ1) is 12.7. The summed E-state index contributed by atoms with van der Waals surface area (Å²) in [7, 11) is 0. The summed E-state index contributed by atoms with van der Waals surface area (Å²) in [5, 5.41) is 3.81. The first kappa shape index (κ1) is 16.9. The van der Waals surface area contributed by atoms with Gasteiger partial charge >= 0.3 is 0 Å². The molecule has 1 aliphatic heterocycles. The maximum absolute atomic E-state index is 12.6. The van der Waals surface area contributed by atoms with Crippen LogP contribution in [0.15, 0.2) is 30.6 Å². The Morgan fingerprint density at radius 3 is 3.12 bits per heavy atom. The van der Waals surface area contributed by atoms with Crippen LogP contribution in [-0.2, 0) is 19.5 Å². The molecule has 0 fully saturated rings. The third-order valence-electron chi connectivity index (χ3n) is 4.78. The van der Waals surface area contributed by atoms with Crippen molar-refractivity contribution in [2.45, 2.75) is 26.4 Å². The van der Waals surface area contributed by atoms with Crippen molar-refractivity contribution >= 4 is 33.1 Å². The number of fused-ring (bicyclic) bond motifs is 2. The summed E-state index contributed by atoms with van der Waals surface area (Å²) in [6.45, 7) is 5.54. The molecule has 26 heavy (non-hydrogen) atoms. The molecule has 4 heterocycles. The van der Waals surface area contributed by atoms with E-state index in [0.717, 1.165) is 47.5 Å². The summed E-state index contributed by atoms with van der Waals surface area (Å²) in [5.74, 6) is -0.164. The fourth-order valence-electron chi connectivity index (χ4n) is 3.26. The lowest BCUT2D eigenvalue weighted by molar-refractivity contribution is 0.0956. The molecular weight excluding hydrogens is 346 g/mol. The van der Waals surface area contributed by atoms with Crippen LogP contribution in [0.2, 0.25) is 0 Å². The molecule has 0 aromatic carbocycles. The molecule has 0 aliphatic carbocycles. The van der Waals surface area contributed by atoms with Crippen molar-refractivity contribution in [1.82, 2.24) is 20.2 Å². The highest BCUT2D eigenvalue weighted by Crippen LogP contribution is 2.35. The Balaban J connectivity index is 1.60. The summed E-state index contributed by atoms with van der Waals surface area (Å²) in [4.78, 5) is 25.2. The van der Waals surface area contributed by atoms with Crippen LogP contribution < -0.4 is 11.1 Å². The highest BCUT2D eigenvalue weighted by molar-refractivity contribution is 7.21. The number of rotatable bonds is 4. The summed E-state index contributed by atoms with van der Waals surface area (Å²) in [6.07, 6.45) is 4.39. The van der Waals surface area contributed by atoms with E-state index in [1.165, 1.54) is 16.9 Å². The topological polar surface area (TPSA) is 84.1 Å². The number of pyridine rings is 2. The number of hydrogen-bond donors (Lipinski definition) is 2. The number of likely N-dealkylation sites (N-methyl/N-ethyl adjacent to an activating group) is 1. The number of aromatic nitrogens is 2. The van der Waals surface area contributed by atoms with Crippen molar-refractivity contribution in [3.05, 3.63) is 52.3 Å². The number of nitrogen functional groups attached to an aromatic ring is 1. The number of anilines is 1. The summed E-state index contributed by atoms with van der Waals surface area (Å²) in [5.41, 5.74) is 10.1. The molecule has 0 bridgehead atoms. The molecule has 1 aliphatic rings. The van der Waals surface area contributed by atoms with Gasteiger partial charge in [0.25, 0.3) is 5.91 Å². The maximum Gasteiger partial charge on any atom is 0.263 e. The van der Waals surface area contributed by atoms with Gasteiger partial charge in [-0.3, -0.25) is 14.7 Å². The Bertz CT molecular complexity index is 953. The van der Waals surface area contributed by atoms with Crippen molar-refractivity contribution in [3.8, 4) is 0 Å². The van der Waals surface area contributed by atoms with Gasteiger partial charge in [-0.25, -0.2) is 4.98 Å². The van der Waals surface area contributed by atoms with Gasteiger partial charge in [0, 0.05) is 49.5 Å². The van der Waals surface area contributed by atoms with E-state index in [1.807, 2.05) is 12.1 Å². The van der Waals surface area contributed by atoms with Gasteiger partial charge in [0.05, 0.1) is 5.69 Å². The molecule has 6 nitrogen and oxygen atoms in total. The standard InChI is InChI=1S/C19H21N5OS/c1-2-24-7-5-15-13(11-24)8-14-16(20)17(26-19(14)23-15)18(25)22-10-12-4-3-6-21-9-12/h3-4,6,8-9H,2,5,7,10-11,20H2,1H3,(H,22,25). The van der Waals surface area contributed by atoms with E-state index >= 15 is 0 Å². The monoisotopic (exact) mass is 367 g/mol. The molecule has 3 aromatic rings. The number of thiophene rings is 1. The third kappa shape index (κ3) is 3.15. The Morgan fingerprint density at radius 1 is 1.46 bits per heavy atom. The smallest absolute Gasteiger partial charge is 0.263 e. The molecule has 3 N–H and O–H groups in total. The largest absolute Gasteiger partial charge is 0.397 e. The number of amides is 1. The molecule has 134 valence electrons. The van der Waals surface area contributed by atoms with Gasteiger partial charge in [0.1, 0.15) is 9.71 Å². The lowest BCUT2D eigenvalue weighted by Crippen LogP contribution is -2.30. The summed E-state index contributed by atoms with van der Waals surface area (Å²) >= 11 is 1.37. The van der Waals surface area contributed by atoms with E-state index in [9.17, 15) is 4.79 Å². The van der Waals surface area contributed by atoms with Crippen molar-refractivity contribution in [1.29, 1.82) is 0 Å². The van der Waals surface area contributed by atoms with Crippen molar-refractivity contribution in [2.75, 3.05) is 18.8 Å². The van der Waals surface area contributed by atoms with Crippen LogP contribution in [0.3, 0.4) is 0 Å². The summed E-state index contributed by atoms with van der Waals surface area (Å²) in [6, 6.07) is 5.89. The van der Waals surface area contributed by atoms with Gasteiger partial charge < -0.3 is 11.1 Å².